The maximum Gasteiger partial charge on any atom is 0.425 e. The largest absolute Gasteiger partial charge is 0.481 e. The average molecular weight is 1810 g/mol. The average Bonchev–Trinajstić information content (AvgIpc) is 1.40. The zero-order chi connectivity index (χ0) is 90.9. The van der Waals surface area contributed by atoms with Gasteiger partial charge >= 0.3 is 44.9 Å². The number of para-hydroxylation sites is 8. The van der Waals surface area contributed by atoms with Gasteiger partial charge in [0, 0.05) is 89.9 Å². The molecule has 3 aliphatic heterocycles. The molecule has 1 saturated heterocycles. The highest BCUT2D eigenvalue weighted by Gasteiger charge is 2.50. The number of ether oxygens (including phenoxy) is 2. The predicted octanol–water partition coefficient (Wildman–Crippen LogP) is 9.68. The number of carbonyl (C=O) groups excluding carboxylic acids is 7. The lowest BCUT2D eigenvalue weighted by molar-refractivity contribution is -0.678. The summed E-state index contributed by atoms with van der Waals surface area (Å²) >= 11 is 0. The van der Waals surface area contributed by atoms with Gasteiger partial charge in [0.2, 0.25) is 46.6 Å². The smallest absolute Gasteiger partial charge is 0.425 e. The number of aromatic nitrogens is 2. The van der Waals surface area contributed by atoms with Gasteiger partial charge < -0.3 is 59.3 Å². The van der Waals surface area contributed by atoms with Gasteiger partial charge in [-0.05, 0) is 147 Å². The first-order chi connectivity index (χ1) is 59.7. The molecule has 5 heterocycles. The van der Waals surface area contributed by atoms with E-state index < -0.39 is 124 Å². The highest BCUT2D eigenvalue weighted by atomic mass is 32.2. The van der Waals surface area contributed by atoms with Crippen LogP contribution in [0.5, 0.6) is 11.5 Å². The molecule has 2 aromatic heterocycles. The topological polar surface area (TPSA) is 488 Å². The number of unbranched alkanes of at least 4 members (excludes halogenated alkanes) is 6. The van der Waals surface area contributed by atoms with Gasteiger partial charge in [0.1, 0.15) is 10.8 Å². The fourth-order valence-electron chi connectivity index (χ4n) is 14.5. The Balaban J connectivity index is 0.000000287. The van der Waals surface area contributed by atoms with Crippen LogP contribution in [0.2, 0.25) is 0 Å². The molecule has 125 heavy (non-hydrogen) atoms. The minimum absolute atomic E-state index is 0.00440. The summed E-state index contributed by atoms with van der Waals surface area (Å²) < 4.78 is 145. The fourth-order valence-corrected chi connectivity index (χ4v) is 15.2. The van der Waals surface area contributed by atoms with Crippen molar-refractivity contribution in [3.05, 3.63) is 192 Å². The summed E-state index contributed by atoms with van der Waals surface area (Å²) in [6.45, 7) is 10.7. The first kappa shape index (κ1) is 98.4. The van der Waals surface area contributed by atoms with E-state index in [-0.39, 0.29) is 64.5 Å². The van der Waals surface area contributed by atoms with E-state index in [2.05, 4.69) is 67.9 Å². The number of allylic oxidation sites excluding steroid dienone is 12. The standard InChI is InChI=1S/C45H53N5O11S.C41H50N4O9S.2O3S/c1-3-5-27-49-35-14-9-11-16-37(35)60-41(49)23-19-33-29-32(18-22-40-48(26-4-2)34-13-8-10-15-36(34)59-40)30-45(31-33,44(55)47-25-28-62(56,57)58)43(54)46-24-12-6-7-17-42(53)61-50-38(51)20-21-39(50)52;1-3-5-25-45-33-14-9-11-16-35(33)54-37(45)21-19-31-27-30(18-20-36-44(24-4-2)32-13-8-10-15-34(32)53-36)28-41(29-31,40(49)43-23-26-55(50,51)52)39(48)42-22-12-6-7-17-38(46)47;2*1-4(2)3/h8-11,13-16,18-19,22-23,29H,3-7,12,17,20-21,24-28,30-31H2,1-2H3,(H2-,46,47,54,55,56,57,58);8-11,13-16,18-21,27H,3-7,12,17,22-26,28-29H2,1-2H3,(H3-,42,43,46,47,48,49,50,51,52);;/p+2. The zero-order valence-corrected chi connectivity index (χ0v) is 73.1. The number of aryl methyl sites for hydroxylation is 2. The molecule has 1 fully saturated rings. The van der Waals surface area contributed by atoms with Gasteiger partial charge in [-0.2, -0.15) is 26.0 Å². The second-order valence-corrected chi connectivity index (χ2v) is 33.8. The summed E-state index contributed by atoms with van der Waals surface area (Å²) in [5, 5.41) is 20.5. The van der Waals surface area contributed by atoms with Crippen molar-refractivity contribution in [2.45, 2.75) is 169 Å². The van der Waals surface area contributed by atoms with E-state index in [1.807, 2.05) is 158 Å². The van der Waals surface area contributed by atoms with Gasteiger partial charge in [-0.3, -0.25) is 42.7 Å². The number of imide groups is 1. The van der Waals surface area contributed by atoms with Crippen LogP contribution in [0.25, 0.3) is 34.4 Å². The lowest BCUT2D eigenvalue weighted by Gasteiger charge is -2.35. The molecule has 2 aliphatic carbocycles. The molecule has 6 amide bonds. The Kier molecular flexibility index (Phi) is 37.6. The minimum atomic E-state index is -4.42. The third-order valence-corrected chi connectivity index (χ3v) is 21.8. The van der Waals surface area contributed by atoms with Crippen LogP contribution in [-0.4, -0.2) is 160 Å². The Hall–Kier alpha value is -12.0. The molecule has 2 unspecified atom stereocenters. The Labute approximate surface area is 727 Å². The Bertz CT molecular complexity index is 5620. The van der Waals surface area contributed by atoms with Gasteiger partial charge in [0.05, 0.1) is 35.0 Å². The monoisotopic (exact) mass is 1810 g/mol. The lowest BCUT2D eigenvalue weighted by atomic mass is 9.70. The molecule has 39 heteroatoms. The fraction of sp³-hybridized carbons (Fsp3) is 0.419. The summed E-state index contributed by atoms with van der Waals surface area (Å²) in [5.41, 5.74) is 4.26. The number of carbonyl (C=O) groups is 8. The van der Waals surface area contributed by atoms with E-state index in [0.717, 1.165) is 78.8 Å². The maximum atomic E-state index is 14.5. The molecule has 672 valence electrons. The molecular weight excluding hydrogens is 1700 g/mol. The minimum Gasteiger partial charge on any atom is -0.481 e. The lowest BCUT2D eigenvalue weighted by Crippen LogP contribution is -2.53. The van der Waals surface area contributed by atoms with Gasteiger partial charge in [0.15, 0.2) is 24.6 Å². The van der Waals surface area contributed by atoms with Gasteiger partial charge in [-0.25, -0.2) is 4.79 Å². The van der Waals surface area contributed by atoms with Crippen molar-refractivity contribution >= 4 is 135 Å². The third-order valence-electron chi connectivity index (χ3n) is 20.4. The number of anilines is 2. The van der Waals surface area contributed by atoms with Crippen LogP contribution in [0.1, 0.15) is 168 Å². The van der Waals surface area contributed by atoms with Gasteiger partial charge in [0.25, 0.3) is 43.1 Å². The molecule has 11 rings (SSSR count). The number of amides is 6. The van der Waals surface area contributed by atoms with E-state index in [0.29, 0.717) is 120 Å². The quantitative estimate of drug-likeness (QED) is 0.00620. The molecule has 6 aromatic rings. The number of hydrogen-bond donors (Lipinski definition) is 7. The predicted molar refractivity (Wildman–Crippen MR) is 458 cm³/mol. The summed E-state index contributed by atoms with van der Waals surface area (Å²) in [4.78, 5) is 113. The van der Waals surface area contributed by atoms with Gasteiger partial charge in [-0.1, -0.05) is 126 Å². The Morgan fingerprint density at radius 3 is 1.24 bits per heavy atom. The van der Waals surface area contributed by atoms with E-state index in [1.165, 1.54) is 0 Å². The molecule has 2 atom stereocenters. The second-order valence-electron chi connectivity index (χ2n) is 29.8. The van der Waals surface area contributed by atoms with Crippen LogP contribution in [0, 0.1) is 10.8 Å². The normalized spacial score (nSPS) is 18.0. The molecule has 5 aliphatic rings. The van der Waals surface area contributed by atoms with E-state index in [4.69, 9.17) is 53.5 Å². The van der Waals surface area contributed by atoms with Crippen molar-refractivity contribution in [3.8, 4) is 11.5 Å². The molecule has 0 saturated carbocycles. The molecule has 0 spiro atoms. The Morgan fingerprint density at radius 1 is 0.480 bits per heavy atom. The van der Waals surface area contributed by atoms with Crippen molar-refractivity contribution in [1.82, 2.24) is 26.3 Å². The number of nitrogens with zero attached hydrogens (tertiary/aromatic N) is 5. The number of oxazole rings is 2. The molecule has 7 N–H and O–H groups in total. The number of hydrogen-bond acceptors (Lipinski definition) is 25. The van der Waals surface area contributed by atoms with E-state index in [1.54, 1.807) is 0 Å². The van der Waals surface area contributed by atoms with E-state index >= 15 is 0 Å². The Morgan fingerprint density at radius 2 is 0.856 bits per heavy atom. The van der Waals surface area contributed by atoms with Crippen LogP contribution in [-0.2, 0) is 97.7 Å². The third kappa shape index (κ3) is 29.3. The van der Waals surface area contributed by atoms with Crippen LogP contribution in [0.4, 0.5) is 11.4 Å². The SMILES string of the molecule is CCCCN1C(=CC=C2C=C(C=Cc3oc4ccccc4[n+]3CCC)CC(C(=O)NCCCCCC(=O)O)(C(=O)NCCS(=O)(=O)O)C2)Oc2ccccc21.CCCCN1C(=CC=C2C=C(C=Cc3oc4ccccc4[n+]3CCC)CC(C(=O)NCCCCCC(=O)ON3C(=O)CCC3=O)(C(=O)NCCS(=O)(=O)O)C2)Oc2ccccc21.O=S(=O)=O.O=S(=O)=O. The van der Waals surface area contributed by atoms with Crippen LogP contribution >= 0.6 is 0 Å². The van der Waals surface area contributed by atoms with Crippen LogP contribution in [0.15, 0.2) is 189 Å². The van der Waals surface area contributed by atoms with Crippen molar-refractivity contribution in [1.29, 1.82) is 0 Å². The summed E-state index contributed by atoms with van der Waals surface area (Å²) in [6.07, 6.45) is 26.6. The number of nitrogens with one attached hydrogen (secondary N) is 4. The molecule has 0 radical (unpaired) electrons. The number of fused-ring (bicyclic) bond motifs is 4. The highest BCUT2D eigenvalue weighted by Crippen LogP contribution is 2.45. The van der Waals surface area contributed by atoms with Crippen molar-refractivity contribution in [2.24, 2.45) is 10.8 Å². The van der Waals surface area contributed by atoms with E-state index in [9.17, 15) is 64.3 Å². The first-order valence-corrected chi connectivity index (χ1v) is 46.3. The van der Waals surface area contributed by atoms with Crippen LogP contribution < -0.4 is 49.7 Å². The summed E-state index contributed by atoms with van der Waals surface area (Å²) in [6, 6.07) is 30.9. The zero-order valence-electron chi connectivity index (χ0n) is 69.8. The summed E-state index contributed by atoms with van der Waals surface area (Å²) in [5.74, 6) is -2.94. The molecule has 35 nitrogen and oxygen atoms in total. The maximum absolute atomic E-state index is 14.5. The molecular formula is C86H105N9O26S4+2. The number of hydroxylamine groups is 2. The highest BCUT2D eigenvalue weighted by molar-refractivity contribution is 7.86. The first-order valence-electron chi connectivity index (χ1n) is 41.1. The number of rotatable bonds is 39. The second kappa shape index (κ2) is 47.7. The number of carboxylic acid groups (broad SMARTS) is 1. The van der Waals surface area contributed by atoms with Crippen molar-refractivity contribution in [2.75, 3.05) is 60.6 Å². The number of aliphatic carboxylic acids is 1. The van der Waals surface area contributed by atoms with Crippen molar-refractivity contribution < 1.29 is 127 Å². The summed E-state index contributed by atoms with van der Waals surface area (Å²) in [7, 11) is -15.0. The van der Waals surface area contributed by atoms with Crippen LogP contribution in [0.3, 0.4) is 0 Å². The van der Waals surface area contributed by atoms with Gasteiger partial charge in [-0.15, -0.1) is 30.3 Å². The number of carboxylic acids is 1. The molecule has 0 bridgehead atoms. The molecule has 4 aromatic carbocycles. The number of benzene rings is 4. The van der Waals surface area contributed by atoms with Crippen molar-refractivity contribution in [3.63, 3.8) is 0 Å².